The number of aromatic carboxylic acids is 1. The summed E-state index contributed by atoms with van der Waals surface area (Å²) in [6, 6.07) is 0. The van der Waals surface area contributed by atoms with E-state index in [0.717, 1.165) is 24.2 Å². The number of carbonyl (C=O) groups excluding carboxylic acids is 1. The predicted octanol–water partition coefficient (Wildman–Crippen LogP) is 3.09. The van der Waals surface area contributed by atoms with Crippen molar-refractivity contribution >= 4 is 28.3 Å². The molecule has 0 atom stereocenters. The molecule has 0 saturated heterocycles. The topological polar surface area (TPSA) is 79.3 Å². The molecule has 1 heterocycles. The van der Waals surface area contributed by atoms with Crippen LogP contribution in [0.25, 0.3) is 0 Å². The van der Waals surface area contributed by atoms with Gasteiger partial charge in [0.1, 0.15) is 4.88 Å². The summed E-state index contributed by atoms with van der Waals surface area (Å²) in [7, 11) is 0. The molecular formula is C12H18N2O3S. The zero-order valence-electron chi connectivity index (χ0n) is 10.8. The summed E-state index contributed by atoms with van der Waals surface area (Å²) in [5, 5.41) is 12.1. The summed E-state index contributed by atoms with van der Waals surface area (Å²) in [6.45, 7) is 5.77. The van der Waals surface area contributed by atoms with Gasteiger partial charge < -0.3 is 10.4 Å². The maximum absolute atomic E-state index is 11.5. The van der Waals surface area contributed by atoms with Gasteiger partial charge in [0.15, 0.2) is 5.13 Å². The van der Waals surface area contributed by atoms with Crippen molar-refractivity contribution in [2.24, 2.45) is 0 Å². The number of nitrogens with zero attached hydrogens (tertiary/aromatic N) is 1. The van der Waals surface area contributed by atoms with Crippen LogP contribution in [-0.2, 0) is 4.79 Å². The summed E-state index contributed by atoms with van der Waals surface area (Å²) in [6.07, 6.45) is 2.21. The van der Waals surface area contributed by atoms with E-state index in [1.807, 2.05) is 20.8 Å². The average Bonchev–Trinajstić information content (AvgIpc) is 2.70. The van der Waals surface area contributed by atoms with Crippen LogP contribution in [0.1, 0.15) is 61.3 Å². The second kappa shape index (κ2) is 6.49. The second-order valence-electron chi connectivity index (χ2n) is 4.34. The van der Waals surface area contributed by atoms with Crippen LogP contribution in [-0.4, -0.2) is 22.0 Å². The Hall–Kier alpha value is -1.43. The number of carbonyl (C=O) groups is 2. The van der Waals surface area contributed by atoms with Crippen molar-refractivity contribution in [3.05, 3.63) is 10.6 Å². The van der Waals surface area contributed by atoms with Gasteiger partial charge in [-0.1, -0.05) is 38.5 Å². The predicted molar refractivity (Wildman–Crippen MR) is 71.3 cm³/mol. The number of nitrogens with one attached hydrogen (secondary N) is 1. The van der Waals surface area contributed by atoms with Crippen LogP contribution in [0.5, 0.6) is 0 Å². The number of hydrogen-bond acceptors (Lipinski definition) is 4. The third-order valence-electron chi connectivity index (χ3n) is 2.40. The highest BCUT2D eigenvalue weighted by Gasteiger charge is 2.20. The molecule has 100 valence electrons. The highest BCUT2D eigenvalue weighted by Crippen LogP contribution is 2.28. The fraction of sp³-hybridized carbons (Fsp3) is 0.583. The molecule has 0 aromatic carbocycles. The van der Waals surface area contributed by atoms with E-state index in [2.05, 4.69) is 10.3 Å². The van der Waals surface area contributed by atoms with Gasteiger partial charge in [-0.15, -0.1) is 0 Å². The van der Waals surface area contributed by atoms with Gasteiger partial charge in [0.2, 0.25) is 5.91 Å². The number of hydrogen-bond donors (Lipinski definition) is 2. The van der Waals surface area contributed by atoms with E-state index >= 15 is 0 Å². The van der Waals surface area contributed by atoms with Crippen LogP contribution in [0.2, 0.25) is 0 Å². The van der Waals surface area contributed by atoms with Crippen LogP contribution < -0.4 is 5.32 Å². The van der Waals surface area contributed by atoms with Gasteiger partial charge in [0.25, 0.3) is 0 Å². The first kappa shape index (κ1) is 14.6. The first-order valence-electron chi connectivity index (χ1n) is 5.99. The maximum Gasteiger partial charge on any atom is 0.347 e. The molecule has 0 bridgehead atoms. The zero-order chi connectivity index (χ0) is 13.7. The summed E-state index contributed by atoms with van der Waals surface area (Å²) >= 11 is 1.02. The zero-order valence-corrected chi connectivity index (χ0v) is 11.6. The second-order valence-corrected chi connectivity index (χ2v) is 5.34. The molecular weight excluding hydrogens is 252 g/mol. The molecule has 0 radical (unpaired) electrons. The molecule has 6 heteroatoms. The van der Waals surface area contributed by atoms with Crippen LogP contribution >= 0.6 is 11.3 Å². The summed E-state index contributed by atoms with van der Waals surface area (Å²) < 4.78 is 0. The van der Waals surface area contributed by atoms with Gasteiger partial charge >= 0.3 is 5.97 Å². The first-order chi connectivity index (χ1) is 8.45. The molecule has 0 fully saturated rings. The van der Waals surface area contributed by atoms with E-state index in [0.29, 0.717) is 17.2 Å². The Kier molecular flexibility index (Phi) is 5.27. The molecule has 5 nitrogen and oxygen atoms in total. The van der Waals surface area contributed by atoms with E-state index in [-0.39, 0.29) is 16.7 Å². The molecule has 1 aromatic heterocycles. The third kappa shape index (κ3) is 3.80. The Morgan fingerprint density at radius 1 is 1.44 bits per heavy atom. The highest BCUT2D eigenvalue weighted by atomic mass is 32.1. The minimum atomic E-state index is -0.995. The Morgan fingerprint density at radius 2 is 2.11 bits per heavy atom. The standard InChI is InChI=1S/C12H18N2O3S/c1-4-5-6-8(15)13-12-14-9(7(2)3)10(18-12)11(16)17/h7H,4-6H2,1-3H3,(H,16,17)(H,13,14,15). The number of carboxylic acid groups (broad SMARTS) is 1. The molecule has 18 heavy (non-hydrogen) atoms. The number of carboxylic acids is 1. The Labute approximate surface area is 110 Å². The van der Waals surface area contributed by atoms with Gasteiger partial charge in [-0.2, -0.15) is 0 Å². The summed E-state index contributed by atoms with van der Waals surface area (Å²) in [4.78, 5) is 27.0. The molecule has 0 spiro atoms. The average molecular weight is 270 g/mol. The molecule has 0 aliphatic heterocycles. The summed E-state index contributed by atoms with van der Waals surface area (Å²) in [5.41, 5.74) is 0.526. The van der Waals surface area contributed by atoms with Crippen molar-refractivity contribution in [3.63, 3.8) is 0 Å². The summed E-state index contributed by atoms with van der Waals surface area (Å²) in [5.74, 6) is -1.09. The third-order valence-corrected chi connectivity index (χ3v) is 3.37. The molecule has 0 aliphatic carbocycles. The monoisotopic (exact) mass is 270 g/mol. The lowest BCUT2D eigenvalue weighted by Gasteiger charge is -2.01. The van der Waals surface area contributed by atoms with Crippen molar-refractivity contribution < 1.29 is 14.7 Å². The van der Waals surface area contributed by atoms with Crippen LogP contribution in [0, 0.1) is 0 Å². The Balaban J connectivity index is 2.82. The molecule has 1 aromatic rings. The van der Waals surface area contributed by atoms with Gasteiger partial charge in [0.05, 0.1) is 5.69 Å². The number of amides is 1. The normalized spacial score (nSPS) is 10.7. The quantitative estimate of drug-likeness (QED) is 0.832. The van der Waals surface area contributed by atoms with Crippen LogP contribution in [0.3, 0.4) is 0 Å². The van der Waals surface area contributed by atoms with Gasteiger partial charge in [-0.25, -0.2) is 9.78 Å². The fourth-order valence-corrected chi connectivity index (χ4v) is 2.42. The number of rotatable bonds is 6. The van der Waals surface area contributed by atoms with E-state index in [4.69, 9.17) is 5.11 Å². The lowest BCUT2D eigenvalue weighted by molar-refractivity contribution is -0.116. The van der Waals surface area contributed by atoms with Crippen molar-refractivity contribution in [1.82, 2.24) is 4.98 Å². The van der Waals surface area contributed by atoms with E-state index in [9.17, 15) is 9.59 Å². The fourth-order valence-electron chi connectivity index (χ4n) is 1.45. The number of aromatic nitrogens is 1. The van der Waals surface area contributed by atoms with E-state index < -0.39 is 5.97 Å². The molecule has 0 saturated carbocycles. The van der Waals surface area contributed by atoms with Gasteiger partial charge in [-0.3, -0.25) is 4.79 Å². The Bertz CT molecular complexity index is 441. The molecule has 1 amide bonds. The smallest absolute Gasteiger partial charge is 0.347 e. The Morgan fingerprint density at radius 3 is 2.56 bits per heavy atom. The maximum atomic E-state index is 11.5. The minimum absolute atomic E-state index is 0.0219. The molecule has 2 N–H and O–H groups in total. The first-order valence-corrected chi connectivity index (χ1v) is 6.81. The molecule has 1 rings (SSSR count). The van der Waals surface area contributed by atoms with Gasteiger partial charge in [0, 0.05) is 6.42 Å². The lowest BCUT2D eigenvalue weighted by atomic mass is 10.1. The SMILES string of the molecule is CCCCC(=O)Nc1nc(C(C)C)c(C(=O)O)s1. The van der Waals surface area contributed by atoms with E-state index in [1.54, 1.807) is 0 Å². The number of thiazole rings is 1. The van der Waals surface area contributed by atoms with Crippen molar-refractivity contribution in [3.8, 4) is 0 Å². The number of unbranched alkanes of at least 4 members (excludes halogenated alkanes) is 1. The van der Waals surface area contributed by atoms with Crippen molar-refractivity contribution in [2.75, 3.05) is 5.32 Å². The number of anilines is 1. The molecule has 0 aliphatic rings. The van der Waals surface area contributed by atoms with Crippen molar-refractivity contribution in [2.45, 2.75) is 46.0 Å². The lowest BCUT2D eigenvalue weighted by Crippen LogP contribution is -2.10. The van der Waals surface area contributed by atoms with Crippen LogP contribution in [0.15, 0.2) is 0 Å². The molecule has 0 unspecified atom stereocenters. The largest absolute Gasteiger partial charge is 0.477 e. The highest BCUT2D eigenvalue weighted by molar-refractivity contribution is 7.17. The van der Waals surface area contributed by atoms with Crippen LogP contribution in [0.4, 0.5) is 5.13 Å². The van der Waals surface area contributed by atoms with E-state index in [1.165, 1.54) is 0 Å². The minimum Gasteiger partial charge on any atom is -0.477 e. The van der Waals surface area contributed by atoms with Gasteiger partial charge in [-0.05, 0) is 12.3 Å². The van der Waals surface area contributed by atoms with Crippen molar-refractivity contribution in [1.29, 1.82) is 0 Å².